The van der Waals surface area contributed by atoms with E-state index in [0.29, 0.717) is 18.6 Å². The fourth-order valence-corrected chi connectivity index (χ4v) is 3.86. The van der Waals surface area contributed by atoms with Crippen molar-refractivity contribution in [2.24, 2.45) is 0 Å². The van der Waals surface area contributed by atoms with Crippen LogP contribution in [0.25, 0.3) is 0 Å². The molecule has 1 atom stereocenters. The average Bonchev–Trinajstić information content (AvgIpc) is 2.62. The topological polar surface area (TPSA) is 58.6 Å². The van der Waals surface area contributed by atoms with Crippen molar-refractivity contribution < 1.29 is 14.3 Å². The summed E-state index contributed by atoms with van der Waals surface area (Å²) in [5.74, 6) is 0.0276. The van der Waals surface area contributed by atoms with Gasteiger partial charge in [0.15, 0.2) is 0 Å². The molecule has 0 aromatic heterocycles. The second-order valence-corrected chi connectivity index (χ2v) is 6.70. The minimum Gasteiger partial charge on any atom is -0.381 e. The van der Waals surface area contributed by atoms with Gasteiger partial charge in [-0.25, -0.2) is 0 Å². The molecular weight excluding hydrogens is 268 g/mol. The molecule has 2 saturated carbocycles. The summed E-state index contributed by atoms with van der Waals surface area (Å²) in [5.41, 5.74) is 0. The van der Waals surface area contributed by atoms with Crippen molar-refractivity contribution in [1.29, 1.82) is 0 Å². The lowest BCUT2D eigenvalue weighted by atomic mass is 9.88. The Morgan fingerprint density at radius 3 is 2.38 bits per heavy atom. The van der Waals surface area contributed by atoms with E-state index < -0.39 is 0 Å². The van der Waals surface area contributed by atoms with Gasteiger partial charge in [0.1, 0.15) is 0 Å². The molecule has 1 N–H and O–H groups in total. The summed E-state index contributed by atoms with van der Waals surface area (Å²) in [7, 11) is 1.72. The molecule has 5 nitrogen and oxygen atoms in total. The van der Waals surface area contributed by atoms with Gasteiger partial charge in [0.05, 0.1) is 18.6 Å². The van der Waals surface area contributed by atoms with Crippen LogP contribution in [0, 0.1) is 0 Å². The van der Waals surface area contributed by atoms with Gasteiger partial charge in [0.2, 0.25) is 11.8 Å². The number of carbonyl (C=O) groups is 2. The Kier molecular flexibility index (Phi) is 4.60. The lowest BCUT2D eigenvalue weighted by molar-refractivity contribution is -0.142. The van der Waals surface area contributed by atoms with Gasteiger partial charge in [-0.15, -0.1) is 0 Å². The number of rotatable bonds is 4. The lowest BCUT2D eigenvalue weighted by Gasteiger charge is -2.36. The third-order valence-electron chi connectivity index (χ3n) is 5.24. The Morgan fingerprint density at radius 1 is 1.10 bits per heavy atom. The number of nitrogens with one attached hydrogen (secondary N) is 1. The summed E-state index contributed by atoms with van der Waals surface area (Å²) in [6.07, 6.45) is 9.24. The van der Waals surface area contributed by atoms with E-state index in [1.807, 2.05) is 0 Å². The normalized spacial score (nSPS) is 34.9. The Bertz CT molecular complexity index is 398. The summed E-state index contributed by atoms with van der Waals surface area (Å²) in [6.45, 7) is 0. The van der Waals surface area contributed by atoms with Crippen LogP contribution < -0.4 is 5.32 Å². The van der Waals surface area contributed by atoms with Crippen LogP contribution in [-0.2, 0) is 14.3 Å². The average molecular weight is 294 g/mol. The minimum atomic E-state index is -0.302. The third-order valence-corrected chi connectivity index (χ3v) is 5.24. The fourth-order valence-electron chi connectivity index (χ4n) is 3.86. The van der Waals surface area contributed by atoms with E-state index in [-0.39, 0.29) is 23.9 Å². The first-order valence-electron chi connectivity index (χ1n) is 8.33. The van der Waals surface area contributed by atoms with Crippen LogP contribution in [0.4, 0.5) is 0 Å². The van der Waals surface area contributed by atoms with Crippen molar-refractivity contribution >= 4 is 11.8 Å². The molecule has 1 heterocycles. The first kappa shape index (κ1) is 15.0. The Labute approximate surface area is 126 Å². The zero-order chi connectivity index (χ0) is 14.8. The molecule has 21 heavy (non-hydrogen) atoms. The molecule has 118 valence electrons. The lowest BCUT2D eigenvalue weighted by Crippen LogP contribution is -2.52. The molecule has 0 spiro atoms. The molecule has 1 saturated heterocycles. The van der Waals surface area contributed by atoms with Crippen LogP contribution in [0.1, 0.15) is 57.8 Å². The van der Waals surface area contributed by atoms with Gasteiger partial charge in [0.25, 0.3) is 0 Å². The predicted molar refractivity (Wildman–Crippen MR) is 78.7 cm³/mol. The number of amides is 2. The number of hydrogen-bond donors (Lipinski definition) is 1. The number of carbonyl (C=O) groups excluding carboxylic acids is 2. The van der Waals surface area contributed by atoms with Crippen molar-refractivity contribution in [2.45, 2.75) is 82.0 Å². The smallest absolute Gasteiger partial charge is 0.247 e. The molecule has 3 rings (SSSR count). The standard InChI is InChI=1S/C16H26N2O3/c1-21-13-8-11(9-13)17-14-10-15(19)18(16(14)20)12-6-4-2-3-5-7-12/h11-14,17H,2-10H2,1H3. The number of hydrogen-bond acceptors (Lipinski definition) is 4. The Balaban J connectivity index is 1.57. The summed E-state index contributed by atoms with van der Waals surface area (Å²) >= 11 is 0. The molecule has 1 aliphatic heterocycles. The molecule has 5 heteroatoms. The van der Waals surface area contributed by atoms with Crippen LogP contribution in [0.2, 0.25) is 0 Å². The summed E-state index contributed by atoms with van der Waals surface area (Å²) in [6, 6.07) is 0.168. The first-order valence-corrected chi connectivity index (χ1v) is 8.33. The van der Waals surface area contributed by atoms with Crippen molar-refractivity contribution in [3.63, 3.8) is 0 Å². The molecule has 0 bridgehead atoms. The molecule has 3 aliphatic rings. The maximum absolute atomic E-state index is 12.6. The molecule has 2 aliphatic carbocycles. The monoisotopic (exact) mass is 294 g/mol. The third kappa shape index (κ3) is 3.14. The second-order valence-electron chi connectivity index (χ2n) is 6.70. The van der Waals surface area contributed by atoms with Crippen LogP contribution in [0.3, 0.4) is 0 Å². The summed E-state index contributed by atoms with van der Waals surface area (Å²) in [4.78, 5) is 26.4. The van der Waals surface area contributed by atoms with E-state index >= 15 is 0 Å². The second kappa shape index (κ2) is 6.44. The number of imide groups is 1. The molecule has 2 amide bonds. The van der Waals surface area contributed by atoms with Gasteiger partial charge < -0.3 is 10.1 Å². The van der Waals surface area contributed by atoms with Gasteiger partial charge in [-0.1, -0.05) is 25.7 Å². The van der Waals surface area contributed by atoms with Crippen LogP contribution in [0.15, 0.2) is 0 Å². The van der Waals surface area contributed by atoms with E-state index in [0.717, 1.165) is 38.5 Å². The highest BCUT2D eigenvalue weighted by Gasteiger charge is 2.44. The fraction of sp³-hybridized carbons (Fsp3) is 0.875. The Morgan fingerprint density at radius 2 is 1.76 bits per heavy atom. The molecular formula is C16H26N2O3. The Hall–Kier alpha value is -0.940. The maximum Gasteiger partial charge on any atom is 0.247 e. The van der Waals surface area contributed by atoms with Crippen molar-refractivity contribution in [1.82, 2.24) is 10.2 Å². The zero-order valence-electron chi connectivity index (χ0n) is 12.8. The molecule has 0 aromatic carbocycles. The summed E-state index contributed by atoms with van der Waals surface area (Å²) in [5, 5.41) is 3.35. The van der Waals surface area contributed by atoms with Crippen molar-refractivity contribution in [2.75, 3.05) is 7.11 Å². The van der Waals surface area contributed by atoms with Gasteiger partial charge in [0, 0.05) is 19.2 Å². The van der Waals surface area contributed by atoms with Crippen molar-refractivity contribution in [3.05, 3.63) is 0 Å². The molecule has 0 aromatic rings. The molecule has 0 radical (unpaired) electrons. The van der Waals surface area contributed by atoms with E-state index in [1.54, 1.807) is 12.0 Å². The quantitative estimate of drug-likeness (QED) is 0.632. The number of likely N-dealkylation sites (tertiary alicyclic amines) is 1. The number of nitrogens with zero attached hydrogens (tertiary/aromatic N) is 1. The summed E-state index contributed by atoms with van der Waals surface area (Å²) < 4.78 is 5.26. The van der Waals surface area contributed by atoms with Crippen molar-refractivity contribution in [3.8, 4) is 0 Å². The molecule has 3 fully saturated rings. The highest BCUT2D eigenvalue weighted by molar-refractivity contribution is 6.05. The SMILES string of the molecule is COC1CC(NC2CC(=O)N(C3CCCCCC3)C2=O)C1. The van der Waals surface area contributed by atoms with E-state index in [1.165, 1.54) is 12.8 Å². The predicted octanol–water partition coefficient (Wildman–Crippen LogP) is 1.60. The minimum absolute atomic E-state index is 0.00719. The number of methoxy groups -OCH3 is 1. The zero-order valence-corrected chi connectivity index (χ0v) is 12.8. The van der Waals surface area contributed by atoms with Gasteiger partial charge in [-0.3, -0.25) is 14.5 Å². The van der Waals surface area contributed by atoms with Gasteiger partial charge >= 0.3 is 0 Å². The van der Waals surface area contributed by atoms with Crippen LogP contribution in [0.5, 0.6) is 0 Å². The maximum atomic E-state index is 12.6. The van der Waals surface area contributed by atoms with E-state index in [2.05, 4.69) is 5.32 Å². The van der Waals surface area contributed by atoms with Crippen LogP contribution >= 0.6 is 0 Å². The number of ether oxygens (including phenoxy) is 1. The molecule has 1 unspecified atom stereocenters. The largest absolute Gasteiger partial charge is 0.381 e. The van der Waals surface area contributed by atoms with E-state index in [4.69, 9.17) is 4.74 Å². The van der Waals surface area contributed by atoms with Crippen LogP contribution in [-0.4, -0.2) is 48.1 Å². The van der Waals surface area contributed by atoms with Gasteiger partial charge in [-0.05, 0) is 25.7 Å². The van der Waals surface area contributed by atoms with Gasteiger partial charge in [-0.2, -0.15) is 0 Å². The highest BCUT2D eigenvalue weighted by atomic mass is 16.5. The highest BCUT2D eigenvalue weighted by Crippen LogP contribution is 2.29. The van der Waals surface area contributed by atoms with E-state index in [9.17, 15) is 9.59 Å². The first-order chi connectivity index (χ1) is 10.2.